The minimum Gasteiger partial charge on any atom is -0.314 e. The number of halogens is 2. The fourth-order valence-corrected chi connectivity index (χ4v) is 2.69. The van der Waals surface area contributed by atoms with E-state index >= 15 is 0 Å². The van der Waals surface area contributed by atoms with Crippen molar-refractivity contribution in [3.05, 3.63) is 34.1 Å². The first kappa shape index (κ1) is 12.8. The van der Waals surface area contributed by atoms with Crippen LogP contribution in [0, 0.1) is 12.7 Å². The van der Waals surface area contributed by atoms with E-state index in [1.807, 2.05) is 0 Å². The Hall–Kier alpha value is -0.600. The SMILES string of the molecule is Cc1cc(Cl)c(CCC2CCCCN2)cc1F. The topological polar surface area (TPSA) is 12.0 Å². The van der Waals surface area contributed by atoms with E-state index in [-0.39, 0.29) is 5.82 Å². The lowest BCUT2D eigenvalue weighted by Crippen LogP contribution is -2.34. The number of aryl methyl sites for hydroxylation is 2. The van der Waals surface area contributed by atoms with Crippen molar-refractivity contribution >= 4 is 11.6 Å². The largest absolute Gasteiger partial charge is 0.314 e. The Bertz CT molecular complexity index is 386. The molecule has 1 unspecified atom stereocenters. The summed E-state index contributed by atoms with van der Waals surface area (Å²) in [4.78, 5) is 0. The Morgan fingerprint density at radius 1 is 1.41 bits per heavy atom. The predicted molar refractivity (Wildman–Crippen MR) is 70.1 cm³/mol. The van der Waals surface area contributed by atoms with Crippen molar-refractivity contribution in [2.24, 2.45) is 0 Å². The molecule has 1 atom stereocenters. The van der Waals surface area contributed by atoms with Crippen LogP contribution in [-0.2, 0) is 6.42 Å². The average Bonchev–Trinajstić information content (AvgIpc) is 2.33. The van der Waals surface area contributed by atoms with E-state index in [1.54, 1.807) is 19.1 Å². The molecule has 0 amide bonds. The molecule has 1 N–H and O–H groups in total. The highest BCUT2D eigenvalue weighted by atomic mass is 35.5. The Morgan fingerprint density at radius 3 is 2.94 bits per heavy atom. The third-order valence-electron chi connectivity index (χ3n) is 3.50. The van der Waals surface area contributed by atoms with Crippen LogP contribution < -0.4 is 5.32 Å². The molecule has 1 aromatic rings. The van der Waals surface area contributed by atoms with Gasteiger partial charge in [-0.25, -0.2) is 4.39 Å². The highest BCUT2D eigenvalue weighted by Crippen LogP contribution is 2.23. The Balaban J connectivity index is 1.96. The molecule has 1 heterocycles. The second-order valence-corrected chi connectivity index (χ2v) is 5.29. The molecule has 1 aromatic carbocycles. The summed E-state index contributed by atoms with van der Waals surface area (Å²) in [6, 6.07) is 3.88. The molecule has 3 heteroatoms. The third kappa shape index (κ3) is 3.43. The van der Waals surface area contributed by atoms with E-state index in [4.69, 9.17) is 11.6 Å². The van der Waals surface area contributed by atoms with Crippen molar-refractivity contribution < 1.29 is 4.39 Å². The highest BCUT2D eigenvalue weighted by molar-refractivity contribution is 6.31. The minimum absolute atomic E-state index is 0.152. The van der Waals surface area contributed by atoms with Crippen LogP contribution in [0.4, 0.5) is 4.39 Å². The number of piperidine rings is 1. The molecular weight excluding hydrogens is 237 g/mol. The van der Waals surface area contributed by atoms with Crippen molar-refractivity contribution in [2.45, 2.75) is 45.1 Å². The van der Waals surface area contributed by atoms with Crippen molar-refractivity contribution in [1.82, 2.24) is 5.32 Å². The summed E-state index contributed by atoms with van der Waals surface area (Å²) < 4.78 is 13.5. The fourth-order valence-electron chi connectivity index (χ4n) is 2.38. The summed E-state index contributed by atoms with van der Waals surface area (Å²) in [6.07, 6.45) is 5.70. The van der Waals surface area contributed by atoms with E-state index < -0.39 is 0 Å². The normalized spacial score (nSPS) is 20.5. The van der Waals surface area contributed by atoms with E-state index in [2.05, 4.69) is 5.32 Å². The molecule has 1 aliphatic rings. The Kier molecular flexibility index (Phi) is 4.41. The van der Waals surface area contributed by atoms with Crippen LogP contribution in [0.15, 0.2) is 12.1 Å². The number of hydrogen-bond donors (Lipinski definition) is 1. The summed E-state index contributed by atoms with van der Waals surface area (Å²) in [5.41, 5.74) is 1.55. The van der Waals surface area contributed by atoms with Crippen molar-refractivity contribution in [3.8, 4) is 0 Å². The number of nitrogens with one attached hydrogen (secondary N) is 1. The maximum atomic E-state index is 13.5. The maximum Gasteiger partial charge on any atom is 0.126 e. The average molecular weight is 256 g/mol. The molecule has 1 saturated heterocycles. The summed E-state index contributed by atoms with van der Waals surface area (Å²) in [7, 11) is 0. The highest BCUT2D eigenvalue weighted by Gasteiger charge is 2.13. The molecule has 0 aliphatic carbocycles. The summed E-state index contributed by atoms with van der Waals surface area (Å²) in [5.74, 6) is -0.152. The van der Waals surface area contributed by atoms with Gasteiger partial charge in [-0.1, -0.05) is 18.0 Å². The lowest BCUT2D eigenvalue weighted by Gasteiger charge is -2.23. The second kappa shape index (κ2) is 5.83. The molecular formula is C14H19ClFN. The van der Waals surface area contributed by atoms with Gasteiger partial charge in [-0.15, -0.1) is 0 Å². The monoisotopic (exact) mass is 255 g/mol. The van der Waals surface area contributed by atoms with Gasteiger partial charge in [-0.2, -0.15) is 0 Å². The summed E-state index contributed by atoms with van der Waals surface area (Å²) in [5, 5.41) is 4.19. The van der Waals surface area contributed by atoms with Crippen molar-refractivity contribution in [2.75, 3.05) is 6.54 Å². The molecule has 0 spiro atoms. The zero-order chi connectivity index (χ0) is 12.3. The lowest BCUT2D eigenvalue weighted by molar-refractivity contribution is 0.382. The van der Waals surface area contributed by atoms with E-state index in [1.165, 1.54) is 19.3 Å². The molecule has 1 nitrogen and oxygen atoms in total. The van der Waals surface area contributed by atoms with Gasteiger partial charge in [0.25, 0.3) is 0 Å². The van der Waals surface area contributed by atoms with E-state index in [0.717, 1.165) is 24.9 Å². The maximum absolute atomic E-state index is 13.5. The number of benzene rings is 1. The van der Waals surface area contributed by atoms with Crippen LogP contribution in [0.25, 0.3) is 0 Å². The number of hydrogen-bond acceptors (Lipinski definition) is 1. The van der Waals surface area contributed by atoms with Crippen LogP contribution >= 0.6 is 11.6 Å². The van der Waals surface area contributed by atoms with Gasteiger partial charge in [0.1, 0.15) is 5.82 Å². The van der Waals surface area contributed by atoms with E-state index in [9.17, 15) is 4.39 Å². The van der Waals surface area contributed by atoms with Crippen LogP contribution in [0.3, 0.4) is 0 Å². The van der Waals surface area contributed by atoms with Crippen LogP contribution in [0.5, 0.6) is 0 Å². The van der Waals surface area contributed by atoms with Gasteiger partial charge in [-0.05, 0) is 62.4 Å². The van der Waals surface area contributed by atoms with Crippen molar-refractivity contribution in [3.63, 3.8) is 0 Å². The molecule has 1 fully saturated rings. The van der Waals surface area contributed by atoms with Crippen LogP contribution in [0.2, 0.25) is 5.02 Å². The van der Waals surface area contributed by atoms with Gasteiger partial charge in [0, 0.05) is 11.1 Å². The first-order chi connectivity index (χ1) is 8.16. The zero-order valence-electron chi connectivity index (χ0n) is 10.2. The van der Waals surface area contributed by atoms with Crippen LogP contribution in [-0.4, -0.2) is 12.6 Å². The standard InChI is InChI=1S/C14H19ClFN/c1-10-8-13(15)11(9-14(10)16)5-6-12-4-2-3-7-17-12/h8-9,12,17H,2-7H2,1H3. The molecule has 0 bridgehead atoms. The summed E-state index contributed by atoms with van der Waals surface area (Å²) >= 11 is 6.13. The summed E-state index contributed by atoms with van der Waals surface area (Å²) in [6.45, 7) is 2.86. The first-order valence-electron chi connectivity index (χ1n) is 6.34. The molecule has 94 valence electrons. The smallest absolute Gasteiger partial charge is 0.126 e. The molecule has 0 radical (unpaired) electrons. The Labute approximate surface area is 107 Å². The molecule has 17 heavy (non-hydrogen) atoms. The van der Waals surface area contributed by atoms with Gasteiger partial charge in [-0.3, -0.25) is 0 Å². The second-order valence-electron chi connectivity index (χ2n) is 4.88. The third-order valence-corrected chi connectivity index (χ3v) is 3.85. The van der Waals surface area contributed by atoms with Gasteiger partial charge < -0.3 is 5.32 Å². The fraction of sp³-hybridized carbons (Fsp3) is 0.571. The zero-order valence-corrected chi connectivity index (χ0v) is 11.0. The minimum atomic E-state index is -0.152. The predicted octanol–water partition coefficient (Wildman–Crippen LogP) is 3.86. The van der Waals surface area contributed by atoms with Crippen LogP contribution in [0.1, 0.15) is 36.8 Å². The van der Waals surface area contributed by atoms with Gasteiger partial charge in [0.2, 0.25) is 0 Å². The first-order valence-corrected chi connectivity index (χ1v) is 6.72. The Morgan fingerprint density at radius 2 is 2.24 bits per heavy atom. The van der Waals surface area contributed by atoms with Gasteiger partial charge in [0.05, 0.1) is 0 Å². The molecule has 0 saturated carbocycles. The molecule has 1 aliphatic heterocycles. The lowest BCUT2D eigenvalue weighted by atomic mass is 9.97. The van der Waals surface area contributed by atoms with Crippen molar-refractivity contribution in [1.29, 1.82) is 0 Å². The van der Waals surface area contributed by atoms with E-state index in [0.29, 0.717) is 16.6 Å². The van der Waals surface area contributed by atoms with Gasteiger partial charge >= 0.3 is 0 Å². The molecule has 0 aromatic heterocycles. The quantitative estimate of drug-likeness (QED) is 0.865. The molecule has 2 rings (SSSR count). The number of rotatable bonds is 3. The van der Waals surface area contributed by atoms with Gasteiger partial charge in [0.15, 0.2) is 0 Å².